The molecule has 3 heteroatoms. The second-order valence-electron chi connectivity index (χ2n) is 3.53. The number of benzene rings is 1. The maximum absolute atomic E-state index is 11.5. The molecular weight excluding hydrogens is 204 g/mol. The molecule has 0 aliphatic rings. The molecule has 0 unspecified atom stereocenters. The molecule has 0 fully saturated rings. The predicted molar refractivity (Wildman–Crippen MR) is 62.7 cm³/mol. The van der Waals surface area contributed by atoms with Crippen molar-refractivity contribution in [2.24, 2.45) is 0 Å². The topological polar surface area (TPSA) is 39.4 Å². The number of fused-ring (bicyclic) bond motifs is 1. The van der Waals surface area contributed by atoms with Gasteiger partial charge in [0.2, 0.25) is 5.75 Å². The summed E-state index contributed by atoms with van der Waals surface area (Å²) in [5.41, 5.74) is 1.17. The fourth-order valence-electron chi connectivity index (χ4n) is 1.42. The van der Waals surface area contributed by atoms with Crippen molar-refractivity contribution in [1.82, 2.24) is 0 Å². The SMILES string of the molecule is CC=COc1cc2ccc(C)cc2oc1=O. The van der Waals surface area contributed by atoms with Crippen LogP contribution in [-0.4, -0.2) is 0 Å². The summed E-state index contributed by atoms with van der Waals surface area (Å²) in [4.78, 5) is 11.5. The highest BCUT2D eigenvalue weighted by Gasteiger charge is 2.05. The van der Waals surface area contributed by atoms with Crippen molar-refractivity contribution in [1.29, 1.82) is 0 Å². The molecule has 0 atom stereocenters. The molecule has 82 valence electrons. The van der Waals surface area contributed by atoms with Gasteiger partial charge in [-0.1, -0.05) is 18.2 Å². The molecule has 0 spiro atoms. The van der Waals surface area contributed by atoms with Crippen LogP contribution in [0.3, 0.4) is 0 Å². The molecule has 0 bridgehead atoms. The Morgan fingerprint density at radius 3 is 2.88 bits per heavy atom. The summed E-state index contributed by atoms with van der Waals surface area (Å²) in [6, 6.07) is 7.37. The van der Waals surface area contributed by atoms with E-state index >= 15 is 0 Å². The van der Waals surface area contributed by atoms with Crippen LogP contribution in [0.15, 0.2) is 45.8 Å². The van der Waals surface area contributed by atoms with E-state index in [2.05, 4.69) is 0 Å². The molecule has 1 heterocycles. The summed E-state index contributed by atoms with van der Waals surface area (Å²) < 4.78 is 10.3. The summed E-state index contributed by atoms with van der Waals surface area (Å²) in [5.74, 6) is 0.203. The van der Waals surface area contributed by atoms with Gasteiger partial charge >= 0.3 is 5.63 Å². The molecule has 0 radical (unpaired) electrons. The summed E-state index contributed by atoms with van der Waals surface area (Å²) in [5, 5.41) is 0.852. The fraction of sp³-hybridized carbons (Fsp3) is 0.154. The number of rotatable bonds is 2. The maximum atomic E-state index is 11.5. The van der Waals surface area contributed by atoms with E-state index in [0.29, 0.717) is 5.58 Å². The minimum Gasteiger partial charge on any atom is -0.458 e. The highest BCUT2D eigenvalue weighted by molar-refractivity contribution is 5.78. The second-order valence-corrected chi connectivity index (χ2v) is 3.53. The molecule has 0 saturated heterocycles. The van der Waals surface area contributed by atoms with Gasteiger partial charge < -0.3 is 9.15 Å². The summed E-state index contributed by atoms with van der Waals surface area (Å²) in [6.07, 6.45) is 3.16. The van der Waals surface area contributed by atoms with E-state index in [4.69, 9.17) is 9.15 Å². The van der Waals surface area contributed by atoms with E-state index in [-0.39, 0.29) is 5.75 Å². The zero-order valence-corrected chi connectivity index (χ0v) is 9.19. The van der Waals surface area contributed by atoms with Gasteiger partial charge in [-0.2, -0.15) is 0 Å². The average molecular weight is 216 g/mol. The van der Waals surface area contributed by atoms with Gasteiger partial charge in [0.15, 0.2) is 0 Å². The van der Waals surface area contributed by atoms with Crippen LogP contribution in [0.5, 0.6) is 5.75 Å². The number of allylic oxidation sites excluding steroid dienone is 1. The molecule has 1 aromatic heterocycles. The molecule has 0 aliphatic heterocycles. The first-order valence-corrected chi connectivity index (χ1v) is 5.03. The number of aryl methyl sites for hydroxylation is 1. The largest absolute Gasteiger partial charge is 0.458 e. The van der Waals surface area contributed by atoms with Crippen LogP contribution in [-0.2, 0) is 0 Å². The Morgan fingerprint density at radius 1 is 1.31 bits per heavy atom. The van der Waals surface area contributed by atoms with Crippen LogP contribution in [0.25, 0.3) is 11.0 Å². The Hall–Kier alpha value is -2.03. The van der Waals surface area contributed by atoms with Gasteiger partial charge in [-0.15, -0.1) is 0 Å². The van der Waals surface area contributed by atoms with Crippen molar-refractivity contribution in [2.45, 2.75) is 13.8 Å². The van der Waals surface area contributed by atoms with E-state index in [9.17, 15) is 4.79 Å². The van der Waals surface area contributed by atoms with Gasteiger partial charge in [-0.25, -0.2) is 4.79 Å². The van der Waals surface area contributed by atoms with Crippen LogP contribution in [0.2, 0.25) is 0 Å². The lowest BCUT2D eigenvalue weighted by molar-refractivity contribution is 0.435. The smallest absolute Gasteiger partial charge is 0.379 e. The van der Waals surface area contributed by atoms with Gasteiger partial charge in [0.05, 0.1) is 6.26 Å². The Labute approximate surface area is 93.0 Å². The Morgan fingerprint density at radius 2 is 2.12 bits per heavy atom. The normalized spacial score (nSPS) is 11.1. The van der Waals surface area contributed by atoms with Gasteiger partial charge in [0.1, 0.15) is 5.58 Å². The van der Waals surface area contributed by atoms with Crippen LogP contribution in [0.1, 0.15) is 12.5 Å². The molecule has 0 amide bonds. The maximum Gasteiger partial charge on any atom is 0.379 e. The summed E-state index contributed by atoms with van der Waals surface area (Å²) >= 11 is 0. The third-order valence-corrected chi connectivity index (χ3v) is 2.19. The lowest BCUT2D eigenvalue weighted by atomic mass is 10.2. The van der Waals surface area contributed by atoms with E-state index in [1.54, 1.807) is 12.1 Å². The summed E-state index contributed by atoms with van der Waals surface area (Å²) in [7, 11) is 0. The molecule has 0 aliphatic carbocycles. The monoisotopic (exact) mass is 216 g/mol. The standard InChI is InChI=1S/C13H12O3/c1-3-6-15-12-8-10-5-4-9(2)7-11(10)16-13(12)14/h3-8H,1-2H3. The fourth-order valence-corrected chi connectivity index (χ4v) is 1.42. The highest BCUT2D eigenvalue weighted by atomic mass is 16.5. The predicted octanol–water partition coefficient (Wildman–Crippen LogP) is 3.01. The van der Waals surface area contributed by atoms with Gasteiger partial charge in [0, 0.05) is 5.39 Å². The van der Waals surface area contributed by atoms with E-state index in [0.717, 1.165) is 10.9 Å². The number of hydrogen-bond donors (Lipinski definition) is 0. The van der Waals surface area contributed by atoms with Crippen LogP contribution >= 0.6 is 0 Å². The molecule has 2 rings (SSSR count). The van der Waals surface area contributed by atoms with Crippen molar-refractivity contribution in [3.05, 3.63) is 52.6 Å². The Balaban J connectivity index is 2.58. The Kier molecular flexibility index (Phi) is 2.77. The molecular formula is C13H12O3. The first-order valence-electron chi connectivity index (χ1n) is 5.03. The number of ether oxygens (including phenoxy) is 1. The minimum atomic E-state index is -0.462. The van der Waals surface area contributed by atoms with Gasteiger partial charge in [0.25, 0.3) is 0 Å². The zero-order chi connectivity index (χ0) is 11.5. The lowest BCUT2D eigenvalue weighted by Crippen LogP contribution is -2.02. The zero-order valence-electron chi connectivity index (χ0n) is 9.19. The van der Waals surface area contributed by atoms with Crippen molar-refractivity contribution in [2.75, 3.05) is 0 Å². The first-order chi connectivity index (χ1) is 7.70. The van der Waals surface area contributed by atoms with Crippen molar-refractivity contribution >= 4 is 11.0 Å². The Bertz CT molecular complexity index is 594. The third kappa shape index (κ3) is 1.98. The highest BCUT2D eigenvalue weighted by Crippen LogP contribution is 2.18. The van der Waals surface area contributed by atoms with Crippen LogP contribution < -0.4 is 10.4 Å². The van der Waals surface area contributed by atoms with Crippen molar-refractivity contribution in [3.63, 3.8) is 0 Å². The van der Waals surface area contributed by atoms with Crippen molar-refractivity contribution < 1.29 is 9.15 Å². The lowest BCUT2D eigenvalue weighted by Gasteiger charge is -2.01. The van der Waals surface area contributed by atoms with E-state index in [1.165, 1.54) is 6.26 Å². The second kappa shape index (κ2) is 4.23. The number of hydrogen-bond acceptors (Lipinski definition) is 3. The third-order valence-electron chi connectivity index (χ3n) is 2.19. The molecule has 2 aromatic rings. The van der Waals surface area contributed by atoms with Crippen LogP contribution in [0, 0.1) is 6.92 Å². The first kappa shape index (κ1) is 10.5. The molecule has 0 N–H and O–H groups in total. The van der Waals surface area contributed by atoms with E-state index in [1.807, 2.05) is 32.0 Å². The molecule has 1 aromatic carbocycles. The van der Waals surface area contributed by atoms with E-state index < -0.39 is 5.63 Å². The van der Waals surface area contributed by atoms with Gasteiger partial charge in [-0.3, -0.25) is 0 Å². The molecule has 0 saturated carbocycles. The summed E-state index contributed by atoms with van der Waals surface area (Å²) in [6.45, 7) is 3.76. The van der Waals surface area contributed by atoms with Gasteiger partial charge in [-0.05, 0) is 31.5 Å². The quantitative estimate of drug-likeness (QED) is 0.572. The van der Waals surface area contributed by atoms with Crippen LogP contribution in [0.4, 0.5) is 0 Å². The average Bonchev–Trinajstić information content (AvgIpc) is 2.26. The van der Waals surface area contributed by atoms with Crippen molar-refractivity contribution in [3.8, 4) is 5.75 Å². The minimum absolute atomic E-state index is 0.203. The molecule has 3 nitrogen and oxygen atoms in total. The molecule has 16 heavy (non-hydrogen) atoms.